The van der Waals surface area contributed by atoms with Gasteiger partial charge in [0.2, 0.25) is 0 Å². The van der Waals surface area contributed by atoms with Crippen LogP contribution in [0.1, 0.15) is 31.4 Å². The Kier molecular flexibility index (Phi) is 4.04. The van der Waals surface area contributed by atoms with E-state index in [0.717, 1.165) is 34.4 Å². The summed E-state index contributed by atoms with van der Waals surface area (Å²) in [5.74, 6) is 3.36. The Morgan fingerprint density at radius 2 is 1.77 bits per heavy atom. The lowest BCUT2D eigenvalue weighted by molar-refractivity contribution is 0.774. The first kappa shape index (κ1) is 16.1. The van der Waals surface area contributed by atoms with Crippen molar-refractivity contribution in [3.63, 3.8) is 0 Å². The molecule has 3 heterocycles. The smallest absolute Gasteiger partial charge is 0.181 e. The van der Waals surface area contributed by atoms with Crippen LogP contribution in [0.2, 0.25) is 0 Å². The minimum atomic E-state index is 0.266. The molecule has 7 nitrogen and oxygen atoms in total. The third-order valence-corrected chi connectivity index (χ3v) is 4.06. The van der Waals surface area contributed by atoms with Crippen molar-refractivity contribution in [1.82, 2.24) is 34.7 Å². The van der Waals surface area contributed by atoms with Crippen molar-refractivity contribution in [3.05, 3.63) is 60.6 Å². The number of aryl methyl sites for hydroxylation is 1. The molecule has 1 N–H and O–H groups in total. The van der Waals surface area contributed by atoms with Crippen LogP contribution in [0.3, 0.4) is 0 Å². The van der Waals surface area contributed by atoms with E-state index in [1.54, 1.807) is 12.4 Å². The molecule has 0 aliphatic carbocycles. The molecular formula is C19H19N7. The SMILES string of the molecule is Cc1nc(-c2ccc(-n3ccnc3-c3ccnc(C(C)C)n3)cc2)n[nH]1. The van der Waals surface area contributed by atoms with Crippen molar-refractivity contribution in [2.24, 2.45) is 0 Å². The summed E-state index contributed by atoms with van der Waals surface area (Å²) < 4.78 is 2.01. The summed E-state index contributed by atoms with van der Waals surface area (Å²) in [6, 6.07) is 9.94. The van der Waals surface area contributed by atoms with E-state index in [2.05, 4.69) is 44.0 Å². The Hall–Kier alpha value is -3.35. The van der Waals surface area contributed by atoms with Gasteiger partial charge in [0, 0.05) is 35.8 Å². The van der Waals surface area contributed by atoms with E-state index < -0.39 is 0 Å². The monoisotopic (exact) mass is 345 g/mol. The van der Waals surface area contributed by atoms with Crippen LogP contribution < -0.4 is 0 Å². The number of nitrogens with one attached hydrogen (secondary N) is 1. The zero-order valence-corrected chi connectivity index (χ0v) is 14.9. The van der Waals surface area contributed by atoms with Gasteiger partial charge in [-0.1, -0.05) is 13.8 Å². The van der Waals surface area contributed by atoms with Gasteiger partial charge in [-0.3, -0.25) is 9.67 Å². The van der Waals surface area contributed by atoms with E-state index in [-0.39, 0.29) is 5.92 Å². The highest BCUT2D eigenvalue weighted by Gasteiger charge is 2.12. The summed E-state index contributed by atoms with van der Waals surface area (Å²) in [4.78, 5) is 17.8. The number of benzene rings is 1. The molecule has 0 spiro atoms. The first-order chi connectivity index (χ1) is 12.6. The highest BCUT2D eigenvalue weighted by Crippen LogP contribution is 2.23. The maximum absolute atomic E-state index is 4.65. The Bertz CT molecular complexity index is 1030. The summed E-state index contributed by atoms with van der Waals surface area (Å²) in [5.41, 5.74) is 2.77. The first-order valence-electron chi connectivity index (χ1n) is 8.48. The number of hydrogen-bond donors (Lipinski definition) is 1. The number of hydrogen-bond acceptors (Lipinski definition) is 5. The average Bonchev–Trinajstić information content (AvgIpc) is 3.31. The van der Waals surface area contributed by atoms with Crippen LogP contribution in [0.25, 0.3) is 28.6 Å². The predicted octanol–water partition coefficient (Wildman–Crippen LogP) is 3.55. The van der Waals surface area contributed by atoms with Crippen molar-refractivity contribution in [2.45, 2.75) is 26.7 Å². The van der Waals surface area contributed by atoms with Crippen molar-refractivity contribution in [2.75, 3.05) is 0 Å². The zero-order chi connectivity index (χ0) is 18.1. The molecule has 26 heavy (non-hydrogen) atoms. The summed E-state index contributed by atoms with van der Waals surface area (Å²) in [6.07, 6.45) is 5.49. The van der Waals surface area contributed by atoms with Crippen LogP contribution in [-0.4, -0.2) is 34.7 Å². The van der Waals surface area contributed by atoms with E-state index in [0.29, 0.717) is 5.82 Å². The minimum Gasteiger partial charge on any atom is -0.299 e. The van der Waals surface area contributed by atoms with Crippen LogP contribution in [0.15, 0.2) is 48.9 Å². The minimum absolute atomic E-state index is 0.266. The molecule has 0 saturated heterocycles. The lowest BCUT2D eigenvalue weighted by Crippen LogP contribution is -2.02. The maximum Gasteiger partial charge on any atom is 0.181 e. The first-order valence-corrected chi connectivity index (χ1v) is 8.48. The topological polar surface area (TPSA) is 85.2 Å². The zero-order valence-electron chi connectivity index (χ0n) is 14.9. The summed E-state index contributed by atoms with van der Waals surface area (Å²) in [7, 11) is 0. The quantitative estimate of drug-likeness (QED) is 0.611. The largest absolute Gasteiger partial charge is 0.299 e. The Morgan fingerprint density at radius 3 is 2.46 bits per heavy atom. The second kappa shape index (κ2) is 6.51. The van der Waals surface area contributed by atoms with Crippen LogP contribution >= 0.6 is 0 Å². The number of aromatic amines is 1. The number of H-pyrrole nitrogens is 1. The van der Waals surface area contributed by atoms with Gasteiger partial charge in [0.05, 0.1) is 0 Å². The molecule has 4 rings (SSSR count). The van der Waals surface area contributed by atoms with Gasteiger partial charge in [-0.15, -0.1) is 0 Å². The third-order valence-electron chi connectivity index (χ3n) is 4.06. The number of aromatic nitrogens is 7. The molecule has 0 fully saturated rings. The summed E-state index contributed by atoms with van der Waals surface area (Å²) in [5, 5.41) is 7.06. The lowest BCUT2D eigenvalue weighted by atomic mass is 10.2. The molecule has 1 aromatic carbocycles. The predicted molar refractivity (Wildman–Crippen MR) is 98.8 cm³/mol. The van der Waals surface area contributed by atoms with Crippen molar-refractivity contribution in [1.29, 1.82) is 0 Å². The van der Waals surface area contributed by atoms with Gasteiger partial charge in [0.1, 0.15) is 17.3 Å². The fourth-order valence-corrected chi connectivity index (χ4v) is 2.72. The van der Waals surface area contributed by atoms with Crippen molar-refractivity contribution in [3.8, 4) is 28.6 Å². The molecule has 0 aliphatic rings. The van der Waals surface area contributed by atoms with Crippen LogP contribution in [0, 0.1) is 6.92 Å². The normalized spacial score (nSPS) is 11.2. The number of nitrogens with zero attached hydrogens (tertiary/aromatic N) is 6. The van der Waals surface area contributed by atoms with E-state index in [9.17, 15) is 0 Å². The van der Waals surface area contributed by atoms with E-state index >= 15 is 0 Å². The van der Waals surface area contributed by atoms with Crippen LogP contribution in [0.4, 0.5) is 0 Å². The molecule has 0 unspecified atom stereocenters. The molecule has 0 aliphatic heterocycles. The maximum atomic E-state index is 4.65. The standard InChI is InChI=1S/C19H19N7/c1-12(2)17-20-9-8-16(23-17)19-21-10-11-26(19)15-6-4-14(5-7-15)18-22-13(3)24-25-18/h4-12H,1-3H3,(H,22,24,25). The summed E-state index contributed by atoms with van der Waals surface area (Å²) in [6.45, 7) is 6.04. The Labute approximate surface area is 151 Å². The van der Waals surface area contributed by atoms with Gasteiger partial charge in [0.15, 0.2) is 11.6 Å². The average molecular weight is 345 g/mol. The lowest BCUT2D eigenvalue weighted by Gasteiger charge is -2.09. The fourth-order valence-electron chi connectivity index (χ4n) is 2.72. The fraction of sp³-hybridized carbons (Fsp3) is 0.211. The van der Waals surface area contributed by atoms with E-state index in [4.69, 9.17) is 0 Å². The van der Waals surface area contributed by atoms with E-state index in [1.165, 1.54) is 0 Å². The van der Waals surface area contributed by atoms with Crippen molar-refractivity contribution < 1.29 is 0 Å². The Balaban J connectivity index is 1.70. The molecule has 0 saturated carbocycles. The van der Waals surface area contributed by atoms with Gasteiger partial charge in [-0.05, 0) is 37.3 Å². The molecular weight excluding hydrogens is 326 g/mol. The second-order valence-electron chi connectivity index (χ2n) is 6.37. The molecule has 0 bridgehead atoms. The molecule has 0 atom stereocenters. The summed E-state index contributed by atoms with van der Waals surface area (Å²) >= 11 is 0. The van der Waals surface area contributed by atoms with Crippen molar-refractivity contribution >= 4 is 0 Å². The Morgan fingerprint density at radius 1 is 0.962 bits per heavy atom. The molecule has 3 aromatic heterocycles. The second-order valence-corrected chi connectivity index (χ2v) is 6.37. The van der Waals surface area contributed by atoms with Crippen LogP contribution in [0.5, 0.6) is 0 Å². The number of imidazole rings is 1. The highest BCUT2D eigenvalue weighted by molar-refractivity contribution is 5.59. The van der Waals surface area contributed by atoms with Crippen LogP contribution in [-0.2, 0) is 0 Å². The third kappa shape index (κ3) is 2.99. The molecule has 7 heteroatoms. The number of rotatable bonds is 4. The highest BCUT2D eigenvalue weighted by atomic mass is 15.2. The van der Waals surface area contributed by atoms with Gasteiger partial charge in [-0.25, -0.2) is 19.9 Å². The molecule has 130 valence electrons. The van der Waals surface area contributed by atoms with Gasteiger partial charge in [-0.2, -0.15) is 5.10 Å². The molecule has 0 amide bonds. The van der Waals surface area contributed by atoms with Gasteiger partial charge >= 0.3 is 0 Å². The molecule has 4 aromatic rings. The van der Waals surface area contributed by atoms with Gasteiger partial charge in [0.25, 0.3) is 0 Å². The molecule has 0 radical (unpaired) electrons. The van der Waals surface area contributed by atoms with E-state index in [1.807, 2.05) is 48.0 Å². The van der Waals surface area contributed by atoms with Gasteiger partial charge < -0.3 is 0 Å².